The van der Waals surface area contributed by atoms with E-state index in [2.05, 4.69) is 45.1 Å². The maximum Gasteiger partial charge on any atom is 0.122 e. The number of aliphatic hydroxyl groups excluding tert-OH is 1. The maximum absolute atomic E-state index is 10.3. The molecular weight excluding hydrogens is 397 g/mol. The second kappa shape index (κ2) is 11.0. The van der Waals surface area contributed by atoms with E-state index < -0.39 is 0 Å². The van der Waals surface area contributed by atoms with Crippen LogP contribution in [0.3, 0.4) is 0 Å². The fourth-order valence-electron chi connectivity index (χ4n) is 3.33. The Kier molecular flexibility index (Phi) is 10.1. The summed E-state index contributed by atoms with van der Waals surface area (Å²) in [6.45, 7) is 8.48. The van der Waals surface area contributed by atoms with Gasteiger partial charge in [-0.2, -0.15) is 6.42 Å². The molecule has 0 spiro atoms. The SMILES string of the molecule is [CH2-]CC/C=C\C[C@@H]1[C@@H](COc2ccc(C)cc2C)[C@H](O)C[C@H]1Cl.[Y]. The second-order valence-corrected chi connectivity index (χ2v) is 7.14. The number of benzene rings is 1. The summed E-state index contributed by atoms with van der Waals surface area (Å²) < 4.78 is 6.00. The Labute approximate surface area is 176 Å². The van der Waals surface area contributed by atoms with Gasteiger partial charge in [-0.05, 0) is 44.2 Å². The molecule has 0 amide bonds. The topological polar surface area (TPSA) is 29.5 Å². The number of hydrogen-bond donors (Lipinski definition) is 1. The van der Waals surface area contributed by atoms with Gasteiger partial charge < -0.3 is 16.8 Å². The van der Waals surface area contributed by atoms with Gasteiger partial charge in [0.05, 0.1) is 12.7 Å². The quantitative estimate of drug-likeness (QED) is 0.385. The van der Waals surface area contributed by atoms with E-state index in [0.717, 1.165) is 30.6 Å². The smallest absolute Gasteiger partial charge is 0.122 e. The molecular formula is C20H28ClO2Y-. The molecule has 2 nitrogen and oxygen atoms in total. The largest absolute Gasteiger partial charge is 0.493 e. The molecule has 0 bridgehead atoms. The summed E-state index contributed by atoms with van der Waals surface area (Å²) in [4.78, 5) is 0. The van der Waals surface area contributed by atoms with Crippen LogP contribution in [0.15, 0.2) is 30.4 Å². The molecule has 0 heterocycles. The van der Waals surface area contributed by atoms with Gasteiger partial charge in [0.25, 0.3) is 0 Å². The first-order valence-electron chi connectivity index (χ1n) is 8.49. The minimum Gasteiger partial charge on any atom is -0.493 e. The third-order valence-electron chi connectivity index (χ3n) is 4.68. The molecule has 24 heavy (non-hydrogen) atoms. The molecule has 1 aliphatic rings. The number of unbranched alkanes of at least 4 members (excludes halogenated alkanes) is 1. The Morgan fingerprint density at radius 3 is 2.71 bits per heavy atom. The Morgan fingerprint density at radius 2 is 2.04 bits per heavy atom. The molecule has 0 aliphatic heterocycles. The van der Waals surface area contributed by atoms with E-state index in [0.29, 0.717) is 13.0 Å². The molecule has 0 saturated heterocycles. The van der Waals surface area contributed by atoms with E-state index in [1.165, 1.54) is 5.56 Å². The van der Waals surface area contributed by atoms with Crippen LogP contribution in [0.1, 0.15) is 36.8 Å². The zero-order valence-corrected chi connectivity index (χ0v) is 18.3. The van der Waals surface area contributed by atoms with Crippen LogP contribution in [-0.4, -0.2) is 23.2 Å². The van der Waals surface area contributed by atoms with Crippen LogP contribution in [0.25, 0.3) is 0 Å². The third kappa shape index (κ3) is 6.13. The van der Waals surface area contributed by atoms with Gasteiger partial charge in [-0.15, -0.1) is 11.6 Å². The van der Waals surface area contributed by atoms with Crippen molar-refractivity contribution in [2.75, 3.05) is 6.61 Å². The number of aliphatic hydroxyl groups is 1. The van der Waals surface area contributed by atoms with Crippen molar-refractivity contribution >= 4 is 11.6 Å². The summed E-state index contributed by atoms with van der Waals surface area (Å²) in [7, 11) is 0. The average Bonchev–Trinajstić information content (AvgIpc) is 2.77. The number of ether oxygens (including phenoxy) is 1. The molecule has 1 N–H and O–H groups in total. The Hall–Kier alpha value is 0.114. The number of allylic oxidation sites excluding steroid dienone is 2. The van der Waals surface area contributed by atoms with Crippen molar-refractivity contribution in [3.63, 3.8) is 0 Å². The first kappa shape index (κ1) is 22.2. The molecule has 0 unspecified atom stereocenters. The fourth-order valence-corrected chi connectivity index (χ4v) is 3.80. The first-order valence-corrected chi connectivity index (χ1v) is 8.93. The van der Waals surface area contributed by atoms with Crippen LogP contribution in [0.2, 0.25) is 0 Å². The van der Waals surface area contributed by atoms with Gasteiger partial charge in [0.15, 0.2) is 0 Å². The zero-order chi connectivity index (χ0) is 16.8. The number of halogens is 1. The van der Waals surface area contributed by atoms with Crippen LogP contribution >= 0.6 is 11.6 Å². The summed E-state index contributed by atoms with van der Waals surface area (Å²) in [6, 6.07) is 6.17. The molecule has 2 rings (SSSR count). The van der Waals surface area contributed by atoms with Crippen molar-refractivity contribution in [3.05, 3.63) is 48.4 Å². The van der Waals surface area contributed by atoms with E-state index in [4.69, 9.17) is 16.3 Å². The number of rotatable bonds is 7. The van der Waals surface area contributed by atoms with Crippen molar-refractivity contribution in [2.45, 2.75) is 51.0 Å². The molecule has 1 fully saturated rings. The second-order valence-electron chi connectivity index (χ2n) is 6.58. The van der Waals surface area contributed by atoms with E-state index in [-0.39, 0.29) is 56.0 Å². The first-order chi connectivity index (χ1) is 11.0. The molecule has 4 heteroatoms. The van der Waals surface area contributed by atoms with Crippen LogP contribution in [-0.2, 0) is 32.7 Å². The minimum atomic E-state index is -0.380. The average molecular weight is 425 g/mol. The van der Waals surface area contributed by atoms with E-state index >= 15 is 0 Å². The normalized spacial score (nSPS) is 26.5. The summed E-state index contributed by atoms with van der Waals surface area (Å²) in [5.74, 6) is 1.24. The van der Waals surface area contributed by atoms with Crippen LogP contribution in [0.5, 0.6) is 5.75 Å². The van der Waals surface area contributed by atoms with Gasteiger partial charge in [-0.25, -0.2) is 0 Å². The molecule has 1 aliphatic carbocycles. The molecule has 131 valence electrons. The van der Waals surface area contributed by atoms with Crippen molar-refractivity contribution < 1.29 is 42.6 Å². The van der Waals surface area contributed by atoms with Crippen LogP contribution < -0.4 is 4.74 Å². The van der Waals surface area contributed by atoms with E-state index in [1.54, 1.807) is 0 Å². The van der Waals surface area contributed by atoms with Crippen molar-refractivity contribution in [1.29, 1.82) is 0 Å². The standard InChI is InChI=1S/C20H28ClO2.Y/c1-4-5-6-7-8-16-17(19(22)12-18(16)21)13-23-20-10-9-14(2)11-15(20)3;/h6-7,9-11,16-19,22H,1,4-5,8,12-13H2,2-3H3;/q-1;/b7-6-;/t16-,17-,18-,19-;/m1./s1. The van der Waals surface area contributed by atoms with Crippen LogP contribution in [0.4, 0.5) is 0 Å². The zero-order valence-electron chi connectivity index (χ0n) is 14.7. The van der Waals surface area contributed by atoms with Gasteiger partial charge in [0.2, 0.25) is 0 Å². The molecule has 1 saturated carbocycles. The number of aryl methyl sites for hydroxylation is 2. The summed E-state index contributed by atoms with van der Waals surface area (Å²) >= 11 is 6.45. The Morgan fingerprint density at radius 1 is 1.29 bits per heavy atom. The van der Waals surface area contributed by atoms with Crippen LogP contribution in [0, 0.1) is 32.6 Å². The molecule has 1 aromatic rings. The molecule has 0 aromatic heterocycles. The summed E-state index contributed by atoms with van der Waals surface area (Å²) in [5, 5.41) is 10.3. The monoisotopic (exact) mass is 424 g/mol. The number of alkyl halides is 1. The molecule has 4 atom stereocenters. The number of hydrogen-bond acceptors (Lipinski definition) is 2. The van der Waals surface area contributed by atoms with Crippen molar-refractivity contribution in [2.24, 2.45) is 11.8 Å². The molecule has 1 aromatic carbocycles. The third-order valence-corrected chi connectivity index (χ3v) is 5.18. The van der Waals surface area contributed by atoms with E-state index in [9.17, 15) is 5.11 Å². The van der Waals surface area contributed by atoms with Crippen molar-refractivity contribution in [3.8, 4) is 5.75 Å². The fraction of sp³-hybridized carbons (Fsp3) is 0.550. The Bertz CT molecular complexity index is 532. The summed E-state index contributed by atoms with van der Waals surface area (Å²) in [6.07, 6.45) is 7.40. The van der Waals surface area contributed by atoms with Gasteiger partial charge in [-0.1, -0.05) is 36.3 Å². The maximum atomic E-state index is 10.3. The predicted molar refractivity (Wildman–Crippen MR) is 97.0 cm³/mol. The van der Waals surface area contributed by atoms with Crippen molar-refractivity contribution in [1.82, 2.24) is 0 Å². The van der Waals surface area contributed by atoms with E-state index in [1.807, 2.05) is 6.07 Å². The Balaban J connectivity index is 0.00000288. The van der Waals surface area contributed by atoms with Gasteiger partial charge in [0.1, 0.15) is 5.75 Å². The predicted octanol–water partition coefficient (Wildman–Crippen LogP) is 4.84. The van der Waals surface area contributed by atoms with Gasteiger partial charge in [-0.3, -0.25) is 0 Å². The minimum absolute atomic E-state index is 0. The van der Waals surface area contributed by atoms with Gasteiger partial charge >= 0.3 is 0 Å². The molecule has 1 radical (unpaired) electrons. The van der Waals surface area contributed by atoms with Gasteiger partial charge in [0, 0.05) is 44.0 Å². The summed E-state index contributed by atoms with van der Waals surface area (Å²) in [5.41, 5.74) is 2.36.